The molecule has 2 N–H and O–H groups in total. The molecule has 0 radical (unpaired) electrons. The van der Waals surface area contributed by atoms with Crippen molar-refractivity contribution in [1.29, 1.82) is 0 Å². The maximum Gasteiger partial charge on any atom is 0.317 e. The molecule has 0 aromatic heterocycles. The van der Waals surface area contributed by atoms with Gasteiger partial charge in [0.15, 0.2) is 0 Å². The Hall–Kier alpha value is -1.30. The van der Waals surface area contributed by atoms with E-state index in [4.69, 9.17) is 9.84 Å². The molecule has 1 saturated heterocycles. The molecule has 1 heterocycles. The van der Waals surface area contributed by atoms with Gasteiger partial charge in [-0.2, -0.15) is 0 Å². The number of unbranched alkanes of at least 4 members (excludes halogenated alkanes) is 2. The number of hydrogen-bond donors (Lipinski definition) is 2. The molecular weight excluding hydrogens is 248 g/mol. The number of rotatable bonds is 7. The number of amides is 2. The summed E-state index contributed by atoms with van der Waals surface area (Å²) in [6, 6.07) is -0.0206. The fourth-order valence-electron chi connectivity index (χ4n) is 2.18. The summed E-state index contributed by atoms with van der Waals surface area (Å²) < 4.78 is 5.26. The quantitative estimate of drug-likeness (QED) is 0.688. The third kappa shape index (κ3) is 6.42. The van der Waals surface area contributed by atoms with Crippen molar-refractivity contribution in [3.05, 3.63) is 0 Å². The summed E-state index contributed by atoms with van der Waals surface area (Å²) in [4.78, 5) is 23.9. The van der Waals surface area contributed by atoms with Crippen molar-refractivity contribution in [2.24, 2.45) is 0 Å². The third-order valence-corrected chi connectivity index (χ3v) is 3.41. The molecule has 0 saturated carbocycles. The van der Waals surface area contributed by atoms with Gasteiger partial charge in [0.1, 0.15) is 0 Å². The monoisotopic (exact) mass is 272 g/mol. The lowest BCUT2D eigenvalue weighted by molar-refractivity contribution is -0.137. The van der Waals surface area contributed by atoms with E-state index in [2.05, 4.69) is 5.32 Å². The van der Waals surface area contributed by atoms with Crippen LogP contribution in [0, 0.1) is 0 Å². The van der Waals surface area contributed by atoms with E-state index in [1.807, 2.05) is 4.90 Å². The fraction of sp³-hybridized carbons (Fsp3) is 0.846. The number of likely N-dealkylation sites (tertiary alicyclic amines) is 1. The minimum atomic E-state index is -0.759. The average molecular weight is 272 g/mol. The van der Waals surface area contributed by atoms with Gasteiger partial charge in [0.05, 0.1) is 6.10 Å². The smallest absolute Gasteiger partial charge is 0.317 e. The molecule has 19 heavy (non-hydrogen) atoms. The van der Waals surface area contributed by atoms with Crippen molar-refractivity contribution in [3.63, 3.8) is 0 Å². The van der Waals surface area contributed by atoms with Gasteiger partial charge in [0.2, 0.25) is 0 Å². The van der Waals surface area contributed by atoms with E-state index in [-0.39, 0.29) is 18.6 Å². The Labute approximate surface area is 114 Å². The van der Waals surface area contributed by atoms with Crippen molar-refractivity contribution < 1.29 is 19.4 Å². The summed E-state index contributed by atoms with van der Waals surface area (Å²) in [5.41, 5.74) is 0. The lowest BCUT2D eigenvalue weighted by Crippen LogP contribution is -2.46. The molecule has 0 bridgehead atoms. The molecular formula is C13H24N2O4. The van der Waals surface area contributed by atoms with Crippen molar-refractivity contribution in [1.82, 2.24) is 10.2 Å². The maximum atomic E-state index is 11.8. The van der Waals surface area contributed by atoms with Gasteiger partial charge in [0, 0.05) is 33.2 Å². The summed E-state index contributed by atoms with van der Waals surface area (Å²) in [5.74, 6) is -0.759. The number of carbonyl (C=O) groups excluding carboxylic acids is 1. The van der Waals surface area contributed by atoms with E-state index < -0.39 is 5.97 Å². The fourth-order valence-corrected chi connectivity index (χ4v) is 2.18. The Bertz CT molecular complexity index is 288. The van der Waals surface area contributed by atoms with Crippen LogP contribution in [0.15, 0.2) is 0 Å². The molecule has 0 aromatic carbocycles. The van der Waals surface area contributed by atoms with Gasteiger partial charge in [-0.3, -0.25) is 4.79 Å². The minimum absolute atomic E-state index is 0.0206. The Morgan fingerprint density at radius 2 is 1.95 bits per heavy atom. The van der Waals surface area contributed by atoms with Gasteiger partial charge in [-0.25, -0.2) is 4.79 Å². The lowest BCUT2D eigenvalue weighted by Gasteiger charge is -2.31. The maximum absolute atomic E-state index is 11.8. The number of nitrogens with one attached hydrogen (secondary N) is 1. The van der Waals surface area contributed by atoms with Crippen LogP contribution in [0.4, 0.5) is 4.79 Å². The van der Waals surface area contributed by atoms with Gasteiger partial charge in [-0.15, -0.1) is 0 Å². The molecule has 0 aliphatic carbocycles. The van der Waals surface area contributed by atoms with Gasteiger partial charge in [-0.1, -0.05) is 6.42 Å². The molecule has 6 heteroatoms. The third-order valence-electron chi connectivity index (χ3n) is 3.41. The first-order valence-electron chi connectivity index (χ1n) is 6.91. The Kier molecular flexibility index (Phi) is 7.25. The second-order valence-corrected chi connectivity index (χ2v) is 4.86. The minimum Gasteiger partial charge on any atom is -0.481 e. The molecule has 1 rings (SSSR count). The summed E-state index contributed by atoms with van der Waals surface area (Å²) in [7, 11) is 1.71. The first kappa shape index (κ1) is 15.8. The first-order valence-corrected chi connectivity index (χ1v) is 6.91. The van der Waals surface area contributed by atoms with E-state index in [9.17, 15) is 9.59 Å². The van der Waals surface area contributed by atoms with Gasteiger partial charge >= 0.3 is 12.0 Å². The number of nitrogens with zero attached hydrogens (tertiary/aromatic N) is 1. The van der Waals surface area contributed by atoms with Crippen LogP contribution in [-0.4, -0.2) is 54.9 Å². The van der Waals surface area contributed by atoms with Crippen LogP contribution in [0.2, 0.25) is 0 Å². The zero-order valence-corrected chi connectivity index (χ0v) is 11.6. The van der Waals surface area contributed by atoms with Gasteiger partial charge in [0.25, 0.3) is 0 Å². The van der Waals surface area contributed by atoms with Crippen LogP contribution in [0.3, 0.4) is 0 Å². The SMILES string of the molecule is COC1CCN(C(=O)NCCCCCC(=O)O)CC1. The number of hydrogen-bond acceptors (Lipinski definition) is 3. The zero-order chi connectivity index (χ0) is 14.1. The van der Waals surface area contributed by atoms with Crippen molar-refractivity contribution >= 4 is 12.0 Å². The second kappa shape index (κ2) is 8.74. The van der Waals surface area contributed by atoms with Crippen LogP contribution < -0.4 is 5.32 Å². The molecule has 0 spiro atoms. The van der Waals surface area contributed by atoms with E-state index in [0.29, 0.717) is 13.0 Å². The Morgan fingerprint density at radius 3 is 2.53 bits per heavy atom. The van der Waals surface area contributed by atoms with Crippen LogP contribution in [0.1, 0.15) is 38.5 Å². The topological polar surface area (TPSA) is 78.9 Å². The van der Waals surface area contributed by atoms with Crippen LogP contribution in [0.5, 0.6) is 0 Å². The average Bonchev–Trinajstić information content (AvgIpc) is 2.42. The van der Waals surface area contributed by atoms with Crippen molar-refractivity contribution in [2.45, 2.75) is 44.6 Å². The van der Waals surface area contributed by atoms with Crippen molar-refractivity contribution in [2.75, 3.05) is 26.7 Å². The number of piperidine rings is 1. The molecule has 1 fully saturated rings. The zero-order valence-electron chi connectivity index (χ0n) is 11.6. The number of methoxy groups -OCH3 is 1. The van der Waals surface area contributed by atoms with E-state index >= 15 is 0 Å². The normalized spacial score (nSPS) is 16.4. The molecule has 6 nitrogen and oxygen atoms in total. The number of carboxylic acid groups (broad SMARTS) is 1. The summed E-state index contributed by atoms with van der Waals surface area (Å²) in [6.45, 7) is 2.09. The molecule has 0 unspecified atom stereocenters. The number of urea groups is 1. The summed E-state index contributed by atoms with van der Waals surface area (Å²) in [6.07, 6.45) is 4.60. The van der Waals surface area contributed by atoms with E-state index in [1.54, 1.807) is 7.11 Å². The van der Waals surface area contributed by atoms with Crippen LogP contribution in [-0.2, 0) is 9.53 Å². The Morgan fingerprint density at radius 1 is 1.26 bits per heavy atom. The standard InChI is InChI=1S/C13H24N2O4/c1-19-11-6-9-15(10-7-11)13(18)14-8-4-2-3-5-12(16)17/h11H,2-10H2,1H3,(H,14,18)(H,16,17). The molecule has 2 amide bonds. The van der Waals surface area contributed by atoms with Gasteiger partial charge < -0.3 is 20.1 Å². The highest BCUT2D eigenvalue weighted by molar-refractivity contribution is 5.74. The highest BCUT2D eigenvalue weighted by Gasteiger charge is 2.21. The highest BCUT2D eigenvalue weighted by atomic mass is 16.5. The lowest BCUT2D eigenvalue weighted by atomic mass is 10.1. The second-order valence-electron chi connectivity index (χ2n) is 4.86. The van der Waals surface area contributed by atoms with Gasteiger partial charge in [-0.05, 0) is 25.7 Å². The number of aliphatic carboxylic acids is 1. The highest BCUT2D eigenvalue weighted by Crippen LogP contribution is 2.12. The molecule has 0 aromatic rings. The molecule has 110 valence electrons. The molecule has 1 aliphatic rings. The Balaban J connectivity index is 2.03. The predicted molar refractivity (Wildman–Crippen MR) is 71.1 cm³/mol. The predicted octanol–water partition coefficient (Wildman–Crippen LogP) is 1.45. The van der Waals surface area contributed by atoms with E-state index in [1.165, 1.54) is 0 Å². The van der Waals surface area contributed by atoms with Crippen molar-refractivity contribution in [3.8, 4) is 0 Å². The number of carbonyl (C=O) groups is 2. The summed E-state index contributed by atoms with van der Waals surface area (Å²) >= 11 is 0. The largest absolute Gasteiger partial charge is 0.481 e. The number of ether oxygens (including phenoxy) is 1. The summed E-state index contributed by atoms with van der Waals surface area (Å²) in [5, 5.41) is 11.4. The first-order chi connectivity index (χ1) is 9.13. The van der Waals surface area contributed by atoms with Crippen LogP contribution >= 0.6 is 0 Å². The number of carboxylic acids is 1. The van der Waals surface area contributed by atoms with E-state index in [0.717, 1.165) is 38.8 Å². The molecule has 1 aliphatic heterocycles. The van der Waals surface area contributed by atoms with Crippen LogP contribution in [0.25, 0.3) is 0 Å². The molecule has 0 atom stereocenters.